The standard InChI is InChI=1S/C13H17ClN4O2S/c1-2-16-13-12(14)8-11(9-17-13)21(19,20)18(7-3-6-15)10-4-5-10/h8-10H,2-5,7H2,1H3,(H,16,17). The van der Waals surface area contributed by atoms with Crippen molar-refractivity contribution < 1.29 is 8.42 Å². The van der Waals surface area contributed by atoms with E-state index < -0.39 is 10.0 Å². The number of nitrogens with one attached hydrogen (secondary N) is 1. The molecule has 0 amide bonds. The summed E-state index contributed by atoms with van der Waals surface area (Å²) in [5.74, 6) is 0.466. The Bertz CT molecular complexity index is 653. The first-order chi connectivity index (χ1) is 10.0. The molecule has 0 bridgehead atoms. The van der Waals surface area contributed by atoms with Crippen molar-refractivity contribution in [2.75, 3.05) is 18.4 Å². The van der Waals surface area contributed by atoms with Gasteiger partial charge in [0.1, 0.15) is 10.7 Å². The van der Waals surface area contributed by atoms with Crippen LogP contribution in [0.4, 0.5) is 5.82 Å². The number of pyridine rings is 1. The van der Waals surface area contributed by atoms with Gasteiger partial charge >= 0.3 is 0 Å². The molecular weight excluding hydrogens is 312 g/mol. The van der Waals surface area contributed by atoms with Crippen LogP contribution in [0.15, 0.2) is 17.2 Å². The first kappa shape index (κ1) is 16.0. The number of anilines is 1. The number of rotatable bonds is 7. The summed E-state index contributed by atoms with van der Waals surface area (Å²) in [7, 11) is -3.66. The van der Waals surface area contributed by atoms with Crippen LogP contribution in [0.2, 0.25) is 5.02 Å². The summed E-state index contributed by atoms with van der Waals surface area (Å²) in [6.07, 6.45) is 3.15. The molecule has 1 fully saturated rings. The van der Waals surface area contributed by atoms with Crippen LogP contribution in [-0.4, -0.2) is 36.8 Å². The van der Waals surface area contributed by atoms with Crippen molar-refractivity contribution in [2.45, 2.75) is 37.1 Å². The zero-order valence-corrected chi connectivity index (χ0v) is 13.3. The van der Waals surface area contributed by atoms with Crippen LogP contribution < -0.4 is 5.32 Å². The van der Waals surface area contributed by atoms with E-state index in [0.29, 0.717) is 12.4 Å². The predicted octanol–water partition coefficient (Wildman–Crippen LogP) is 2.23. The molecule has 1 heterocycles. The van der Waals surface area contributed by atoms with Crippen LogP contribution in [0.3, 0.4) is 0 Å². The van der Waals surface area contributed by atoms with Crippen molar-refractivity contribution in [1.82, 2.24) is 9.29 Å². The summed E-state index contributed by atoms with van der Waals surface area (Å²) < 4.78 is 26.7. The van der Waals surface area contributed by atoms with Crippen LogP contribution in [0.25, 0.3) is 0 Å². The van der Waals surface area contributed by atoms with Crippen LogP contribution in [-0.2, 0) is 10.0 Å². The smallest absolute Gasteiger partial charge is 0.244 e. The van der Waals surface area contributed by atoms with Gasteiger partial charge in [-0.2, -0.15) is 9.57 Å². The normalized spacial score (nSPS) is 15.0. The second-order valence-corrected chi connectivity index (χ2v) is 7.08. The molecule has 0 saturated heterocycles. The van der Waals surface area contributed by atoms with Crippen LogP contribution in [0.1, 0.15) is 26.2 Å². The number of aromatic nitrogens is 1. The van der Waals surface area contributed by atoms with E-state index >= 15 is 0 Å². The van der Waals surface area contributed by atoms with Crippen molar-refractivity contribution in [3.63, 3.8) is 0 Å². The van der Waals surface area contributed by atoms with Crippen LogP contribution in [0, 0.1) is 11.3 Å². The van der Waals surface area contributed by atoms with Gasteiger partial charge in [-0.15, -0.1) is 0 Å². The van der Waals surface area contributed by atoms with E-state index in [4.69, 9.17) is 16.9 Å². The van der Waals surface area contributed by atoms with E-state index in [-0.39, 0.29) is 28.9 Å². The van der Waals surface area contributed by atoms with Gasteiger partial charge in [0.2, 0.25) is 10.0 Å². The number of hydrogen-bond acceptors (Lipinski definition) is 5. The maximum Gasteiger partial charge on any atom is 0.244 e. The van der Waals surface area contributed by atoms with E-state index in [9.17, 15) is 8.42 Å². The van der Waals surface area contributed by atoms with Gasteiger partial charge in [-0.05, 0) is 25.8 Å². The van der Waals surface area contributed by atoms with E-state index in [0.717, 1.165) is 12.8 Å². The Hall–Kier alpha value is -1.36. The van der Waals surface area contributed by atoms with E-state index in [2.05, 4.69) is 10.3 Å². The third-order valence-corrected chi connectivity index (χ3v) is 5.37. The Balaban J connectivity index is 2.29. The highest BCUT2D eigenvalue weighted by molar-refractivity contribution is 7.89. The quantitative estimate of drug-likeness (QED) is 0.829. The van der Waals surface area contributed by atoms with Gasteiger partial charge in [-0.25, -0.2) is 13.4 Å². The Kier molecular flexibility index (Phi) is 5.04. The van der Waals surface area contributed by atoms with Crippen LogP contribution >= 0.6 is 11.6 Å². The van der Waals surface area contributed by atoms with E-state index in [1.54, 1.807) is 0 Å². The Labute approximate surface area is 129 Å². The summed E-state index contributed by atoms with van der Waals surface area (Å²) in [6, 6.07) is 3.39. The van der Waals surface area contributed by atoms with Crippen molar-refractivity contribution in [1.29, 1.82) is 5.26 Å². The first-order valence-corrected chi connectivity index (χ1v) is 8.60. The molecule has 1 saturated carbocycles. The minimum atomic E-state index is -3.66. The average Bonchev–Trinajstić information content (AvgIpc) is 3.26. The molecule has 0 aromatic carbocycles. The zero-order chi connectivity index (χ0) is 15.5. The van der Waals surface area contributed by atoms with Gasteiger partial charge in [-0.1, -0.05) is 11.6 Å². The molecule has 21 heavy (non-hydrogen) atoms. The van der Waals surface area contributed by atoms with Crippen molar-refractivity contribution >= 4 is 27.4 Å². The highest BCUT2D eigenvalue weighted by Crippen LogP contribution is 2.33. The van der Waals surface area contributed by atoms with Gasteiger partial charge in [0.25, 0.3) is 0 Å². The topological polar surface area (TPSA) is 86.1 Å². The lowest BCUT2D eigenvalue weighted by Gasteiger charge is -2.20. The van der Waals surface area contributed by atoms with Crippen molar-refractivity contribution in [2.24, 2.45) is 0 Å². The molecular formula is C13H17ClN4O2S. The highest BCUT2D eigenvalue weighted by atomic mass is 35.5. The third-order valence-electron chi connectivity index (χ3n) is 3.17. The lowest BCUT2D eigenvalue weighted by atomic mass is 10.4. The van der Waals surface area contributed by atoms with Crippen molar-refractivity contribution in [3.8, 4) is 6.07 Å². The van der Waals surface area contributed by atoms with Gasteiger partial charge in [0, 0.05) is 31.7 Å². The monoisotopic (exact) mass is 328 g/mol. The molecule has 6 nitrogen and oxygen atoms in total. The second-order valence-electron chi connectivity index (χ2n) is 4.79. The van der Waals surface area contributed by atoms with Crippen LogP contribution in [0.5, 0.6) is 0 Å². The molecule has 0 atom stereocenters. The fraction of sp³-hybridized carbons (Fsp3) is 0.538. The summed E-state index contributed by atoms with van der Waals surface area (Å²) in [5, 5.41) is 11.9. The SMILES string of the molecule is CCNc1ncc(S(=O)(=O)N(CCC#N)C2CC2)cc1Cl. The lowest BCUT2D eigenvalue weighted by Crippen LogP contribution is -2.34. The number of nitriles is 1. The molecule has 0 unspecified atom stereocenters. The molecule has 114 valence electrons. The molecule has 0 spiro atoms. The van der Waals surface area contributed by atoms with E-state index in [1.165, 1.54) is 16.6 Å². The fourth-order valence-corrected chi connectivity index (χ4v) is 3.97. The van der Waals surface area contributed by atoms with Gasteiger partial charge < -0.3 is 5.32 Å². The Morgan fingerprint density at radius 2 is 2.29 bits per heavy atom. The molecule has 1 aromatic rings. The molecule has 1 aromatic heterocycles. The van der Waals surface area contributed by atoms with E-state index in [1.807, 2.05) is 13.0 Å². The molecule has 1 aliphatic carbocycles. The fourth-order valence-electron chi connectivity index (χ4n) is 2.02. The molecule has 1 aliphatic rings. The Morgan fingerprint density at radius 3 is 2.81 bits per heavy atom. The third kappa shape index (κ3) is 3.64. The van der Waals surface area contributed by atoms with Gasteiger partial charge in [0.15, 0.2) is 0 Å². The van der Waals surface area contributed by atoms with Gasteiger partial charge in [-0.3, -0.25) is 0 Å². The molecule has 0 aliphatic heterocycles. The number of hydrogen-bond donors (Lipinski definition) is 1. The minimum absolute atomic E-state index is 0.00410. The zero-order valence-electron chi connectivity index (χ0n) is 11.7. The molecule has 2 rings (SSSR count). The maximum absolute atomic E-state index is 12.6. The first-order valence-electron chi connectivity index (χ1n) is 6.79. The summed E-state index contributed by atoms with van der Waals surface area (Å²) >= 11 is 6.06. The molecule has 1 N–H and O–H groups in total. The number of nitrogens with zero attached hydrogens (tertiary/aromatic N) is 3. The molecule has 8 heteroatoms. The Morgan fingerprint density at radius 1 is 1.57 bits per heavy atom. The summed E-state index contributed by atoms with van der Waals surface area (Å²) in [4.78, 5) is 4.13. The maximum atomic E-state index is 12.6. The van der Waals surface area contributed by atoms with Crippen molar-refractivity contribution in [3.05, 3.63) is 17.3 Å². The predicted molar refractivity (Wildman–Crippen MR) is 80.6 cm³/mol. The second kappa shape index (κ2) is 6.60. The van der Waals surface area contributed by atoms with Gasteiger partial charge in [0.05, 0.1) is 11.1 Å². The number of sulfonamides is 1. The molecule has 0 radical (unpaired) electrons. The average molecular weight is 329 g/mol. The lowest BCUT2D eigenvalue weighted by molar-refractivity contribution is 0.410. The summed E-state index contributed by atoms with van der Waals surface area (Å²) in [6.45, 7) is 2.75. The largest absolute Gasteiger partial charge is 0.369 e. The number of halogens is 1. The highest BCUT2D eigenvalue weighted by Gasteiger charge is 2.38. The summed E-state index contributed by atoms with van der Waals surface area (Å²) in [5.41, 5.74) is 0. The minimum Gasteiger partial charge on any atom is -0.369 e.